The molecule has 0 radical (unpaired) electrons. The van der Waals surface area contributed by atoms with Crippen LogP contribution < -0.4 is 0 Å². The monoisotopic (exact) mass is 317 g/mol. The number of hydrogen-bond acceptors (Lipinski definition) is 4. The summed E-state index contributed by atoms with van der Waals surface area (Å²) in [6.07, 6.45) is 2.44. The predicted molar refractivity (Wildman–Crippen MR) is 85.8 cm³/mol. The van der Waals surface area contributed by atoms with Gasteiger partial charge in [0, 0.05) is 41.8 Å². The summed E-state index contributed by atoms with van der Waals surface area (Å²) in [6.45, 7) is 1.44. The molecule has 5 heteroatoms. The molecule has 22 heavy (non-hydrogen) atoms. The van der Waals surface area contributed by atoms with Crippen molar-refractivity contribution in [2.45, 2.75) is 17.1 Å². The van der Waals surface area contributed by atoms with Crippen molar-refractivity contribution < 1.29 is 14.3 Å². The van der Waals surface area contributed by atoms with Gasteiger partial charge >= 0.3 is 0 Å². The van der Waals surface area contributed by atoms with Crippen molar-refractivity contribution in [3.63, 3.8) is 0 Å². The summed E-state index contributed by atoms with van der Waals surface area (Å²) in [4.78, 5) is 15.5. The molecule has 1 atom stereocenters. The predicted octanol–water partition coefficient (Wildman–Crippen LogP) is 3.03. The molecule has 1 unspecified atom stereocenters. The van der Waals surface area contributed by atoms with Crippen molar-refractivity contribution in [2.24, 2.45) is 5.92 Å². The molecular formula is C17H19NO3S. The summed E-state index contributed by atoms with van der Waals surface area (Å²) < 4.78 is 5.43. The summed E-state index contributed by atoms with van der Waals surface area (Å²) in [5, 5.41) is 9.20. The van der Waals surface area contributed by atoms with Crippen molar-refractivity contribution in [1.29, 1.82) is 0 Å². The molecule has 0 aliphatic carbocycles. The second-order valence-electron chi connectivity index (χ2n) is 5.47. The first-order valence-corrected chi connectivity index (χ1v) is 8.41. The minimum absolute atomic E-state index is 0.0652. The number of thioether (sulfide) groups is 1. The largest absolute Gasteiger partial charge is 0.459 e. The van der Waals surface area contributed by atoms with E-state index in [0.717, 1.165) is 12.0 Å². The molecular weight excluding hydrogens is 298 g/mol. The van der Waals surface area contributed by atoms with Gasteiger partial charge in [0.2, 0.25) is 0 Å². The molecule has 4 nitrogen and oxygen atoms in total. The number of nitrogens with zero attached hydrogens (tertiary/aromatic N) is 1. The van der Waals surface area contributed by atoms with E-state index in [1.165, 1.54) is 4.90 Å². The molecule has 1 aliphatic heterocycles. The van der Waals surface area contributed by atoms with Crippen LogP contribution in [-0.2, 0) is 5.75 Å². The van der Waals surface area contributed by atoms with Crippen molar-refractivity contribution >= 4 is 17.7 Å². The molecule has 0 saturated carbocycles. The standard InChI is InChI=1S/C17H19NO3S/c19-11-13-6-8-18(10-13)17(20)16-14(7-9-21-16)12-22-15-4-2-1-3-5-15/h1-5,7,9,13,19H,6,8,10-12H2. The lowest BCUT2D eigenvalue weighted by Gasteiger charge is -2.15. The summed E-state index contributed by atoms with van der Waals surface area (Å²) >= 11 is 1.69. The quantitative estimate of drug-likeness (QED) is 0.861. The van der Waals surface area contributed by atoms with Crippen LogP contribution in [0, 0.1) is 5.92 Å². The average Bonchev–Trinajstić information content (AvgIpc) is 3.22. The molecule has 0 spiro atoms. The first kappa shape index (κ1) is 15.2. The number of furan rings is 1. The van der Waals surface area contributed by atoms with Crippen LogP contribution in [0.15, 0.2) is 52.0 Å². The van der Waals surface area contributed by atoms with E-state index < -0.39 is 0 Å². The highest BCUT2D eigenvalue weighted by Gasteiger charge is 2.29. The van der Waals surface area contributed by atoms with Crippen LogP contribution in [-0.4, -0.2) is 35.6 Å². The van der Waals surface area contributed by atoms with E-state index >= 15 is 0 Å². The third-order valence-electron chi connectivity index (χ3n) is 3.91. The van der Waals surface area contributed by atoms with Crippen LogP contribution in [0.1, 0.15) is 22.5 Å². The molecule has 2 heterocycles. The molecule has 1 aliphatic rings. The number of amides is 1. The SMILES string of the molecule is O=C(c1occc1CSc1ccccc1)N1CCC(CO)C1. The van der Waals surface area contributed by atoms with Gasteiger partial charge in [-0.3, -0.25) is 4.79 Å². The van der Waals surface area contributed by atoms with Crippen molar-refractivity contribution in [2.75, 3.05) is 19.7 Å². The zero-order chi connectivity index (χ0) is 15.4. The number of likely N-dealkylation sites (tertiary alicyclic amines) is 1. The Balaban J connectivity index is 1.65. The van der Waals surface area contributed by atoms with Gasteiger partial charge in [-0.25, -0.2) is 0 Å². The van der Waals surface area contributed by atoms with Crippen LogP contribution in [0.3, 0.4) is 0 Å². The van der Waals surface area contributed by atoms with Gasteiger partial charge in [0.05, 0.1) is 6.26 Å². The van der Waals surface area contributed by atoms with Gasteiger partial charge in [-0.1, -0.05) is 18.2 Å². The Kier molecular flexibility index (Phi) is 4.85. The van der Waals surface area contributed by atoms with E-state index in [9.17, 15) is 9.90 Å². The average molecular weight is 317 g/mol. The molecule has 116 valence electrons. The number of rotatable bonds is 5. The maximum absolute atomic E-state index is 12.5. The molecule has 0 bridgehead atoms. The molecule has 1 fully saturated rings. The topological polar surface area (TPSA) is 53.7 Å². The fraction of sp³-hybridized carbons (Fsp3) is 0.353. The van der Waals surface area contributed by atoms with E-state index in [4.69, 9.17) is 4.42 Å². The summed E-state index contributed by atoms with van der Waals surface area (Å²) in [6, 6.07) is 12.0. The minimum Gasteiger partial charge on any atom is -0.459 e. The summed E-state index contributed by atoms with van der Waals surface area (Å²) in [5.74, 6) is 1.27. The van der Waals surface area contributed by atoms with E-state index in [-0.39, 0.29) is 18.4 Å². The Bertz CT molecular complexity index is 626. The maximum Gasteiger partial charge on any atom is 0.289 e. The maximum atomic E-state index is 12.5. The van der Waals surface area contributed by atoms with Gasteiger partial charge in [0.25, 0.3) is 5.91 Å². The molecule has 1 amide bonds. The van der Waals surface area contributed by atoms with Crippen LogP contribution in [0.5, 0.6) is 0 Å². The number of hydrogen-bond donors (Lipinski definition) is 1. The number of aliphatic hydroxyl groups excluding tert-OH is 1. The number of carbonyl (C=O) groups is 1. The van der Waals surface area contributed by atoms with Crippen LogP contribution in [0.2, 0.25) is 0 Å². The molecule has 1 saturated heterocycles. The third-order valence-corrected chi connectivity index (χ3v) is 4.97. The van der Waals surface area contributed by atoms with E-state index in [0.29, 0.717) is 24.6 Å². The zero-order valence-corrected chi connectivity index (χ0v) is 13.1. The van der Waals surface area contributed by atoms with E-state index in [2.05, 4.69) is 12.1 Å². The Morgan fingerprint density at radius 1 is 1.32 bits per heavy atom. The second-order valence-corrected chi connectivity index (χ2v) is 6.51. The molecule has 3 rings (SSSR count). The van der Waals surface area contributed by atoms with Gasteiger partial charge in [-0.15, -0.1) is 11.8 Å². The Morgan fingerprint density at radius 3 is 2.86 bits per heavy atom. The lowest BCUT2D eigenvalue weighted by molar-refractivity contribution is 0.0749. The fourth-order valence-corrected chi connectivity index (χ4v) is 3.52. The number of carbonyl (C=O) groups excluding carboxylic acids is 1. The van der Waals surface area contributed by atoms with Gasteiger partial charge in [0.15, 0.2) is 5.76 Å². The van der Waals surface area contributed by atoms with Crippen LogP contribution in [0.25, 0.3) is 0 Å². The Morgan fingerprint density at radius 2 is 2.14 bits per heavy atom. The van der Waals surface area contributed by atoms with Crippen molar-refractivity contribution in [3.8, 4) is 0 Å². The Hall–Kier alpha value is -1.72. The van der Waals surface area contributed by atoms with Gasteiger partial charge in [-0.2, -0.15) is 0 Å². The fourth-order valence-electron chi connectivity index (χ4n) is 2.62. The molecule has 1 aromatic carbocycles. The highest BCUT2D eigenvalue weighted by Crippen LogP contribution is 2.26. The molecule has 1 aromatic heterocycles. The highest BCUT2D eigenvalue weighted by molar-refractivity contribution is 7.98. The third kappa shape index (κ3) is 3.36. The minimum atomic E-state index is -0.0652. The second kappa shape index (κ2) is 7.03. The van der Waals surface area contributed by atoms with Crippen LogP contribution in [0.4, 0.5) is 0 Å². The van der Waals surface area contributed by atoms with Crippen molar-refractivity contribution in [3.05, 3.63) is 54.0 Å². The first-order chi connectivity index (χ1) is 10.8. The summed E-state index contributed by atoms with van der Waals surface area (Å²) in [7, 11) is 0. The van der Waals surface area contributed by atoms with Gasteiger partial charge in [0.1, 0.15) is 0 Å². The van der Waals surface area contributed by atoms with Crippen LogP contribution >= 0.6 is 11.8 Å². The van der Waals surface area contributed by atoms with Gasteiger partial charge in [-0.05, 0) is 24.6 Å². The van der Waals surface area contributed by atoms with E-state index in [1.807, 2.05) is 24.3 Å². The van der Waals surface area contributed by atoms with Crippen molar-refractivity contribution in [1.82, 2.24) is 4.90 Å². The Labute approximate surface area is 134 Å². The smallest absolute Gasteiger partial charge is 0.289 e. The van der Waals surface area contributed by atoms with E-state index in [1.54, 1.807) is 22.9 Å². The van der Waals surface area contributed by atoms with Gasteiger partial charge < -0.3 is 14.4 Å². The highest BCUT2D eigenvalue weighted by atomic mass is 32.2. The molecule has 2 aromatic rings. The normalized spacial score (nSPS) is 17.9. The number of aliphatic hydroxyl groups is 1. The lowest BCUT2D eigenvalue weighted by atomic mass is 10.1. The lowest BCUT2D eigenvalue weighted by Crippen LogP contribution is -2.29. The zero-order valence-electron chi connectivity index (χ0n) is 12.3. The summed E-state index contributed by atoms with van der Waals surface area (Å²) in [5.41, 5.74) is 0.923. The molecule has 1 N–H and O–H groups in total. The first-order valence-electron chi connectivity index (χ1n) is 7.42. The number of benzene rings is 1.